The molecule has 0 saturated heterocycles. The maximum absolute atomic E-state index is 10.1. The molecule has 1 aromatic carbocycles. The van der Waals surface area contributed by atoms with Crippen molar-refractivity contribution in [2.75, 3.05) is 0 Å². The van der Waals surface area contributed by atoms with E-state index in [0.717, 1.165) is 30.6 Å². The van der Waals surface area contributed by atoms with Crippen molar-refractivity contribution in [3.63, 3.8) is 0 Å². The zero-order valence-electron chi connectivity index (χ0n) is 11.1. The van der Waals surface area contributed by atoms with Crippen molar-refractivity contribution in [2.24, 2.45) is 0 Å². The van der Waals surface area contributed by atoms with Gasteiger partial charge in [0.25, 0.3) is 0 Å². The van der Waals surface area contributed by atoms with Gasteiger partial charge in [-0.25, -0.2) is 0 Å². The van der Waals surface area contributed by atoms with Crippen LogP contribution in [0.2, 0.25) is 5.02 Å². The van der Waals surface area contributed by atoms with Crippen LogP contribution in [0.15, 0.2) is 24.4 Å². The summed E-state index contributed by atoms with van der Waals surface area (Å²) < 4.78 is 4.15. The summed E-state index contributed by atoms with van der Waals surface area (Å²) >= 11 is 11.5. The number of hydrogen-bond acceptors (Lipinski definition) is 2. The van der Waals surface area contributed by atoms with Crippen LogP contribution < -0.4 is 0 Å². The summed E-state index contributed by atoms with van der Waals surface area (Å²) in [6.45, 7) is 4.91. The summed E-state index contributed by atoms with van der Waals surface area (Å²) in [6, 6.07) is 5.56. The molecule has 0 fully saturated rings. The number of benzene rings is 1. The number of halogens is 1. The fourth-order valence-electron chi connectivity index (χ4n) is 2.02. The first-order valence-corrected chi connectivity index (χ1v) is 7.11. The average molecular weight is 297 g/mol. The molecule has 1 N–H and O–H groups in total. The van der Waals surface area contributed by atoms with Gasteiger partial charge < -0.3 is 9.67 Å². The Balaban J connectivity index is 2.53. The van der Waals surface area contributed by atoms with Gasteiger partial charge in [0, 0.05) is 11.6 Å². The van der Waals surface area contributed by atoms with Crippen LogP contribution >= 0.6 is 23.8 Å². The van der Waals surface area contributed by atoms with Crippen molar-refractivity contribution < 1.29 is 5.11 Å². The molecule has 0 atom stereocenters. The molecule has 1 heterocycles. The molecule has 2 rings (SSSR count). The number of aryl methyl sites for hydroxylation is 2. The van der Waals surface area contributed by atoms with Crippen LogP contribution in [0.4, 0.5) is 0 Å². The molecule has 3 nitrogen and oxygen atoms in total. The number of rotatable bonds is 4. The predicted octanol–water partition coefficient (Wildman–Crippen LogP) is 4.48. The first kappa shape index (κ1) is 14.2. The minimum atomic E-state index is 0.145. The molecule has 102 valence electrons. The summed E-state index contributed by atoms with van der Waals surface area (Å²) in [7, 11) is 0. The SMILES string of the molecule is CCCCn1cc(O)n(-c2cc(Cl)ccc2C)c1=S. The lowest BCUT2D eigenvalue weighted by Crippen LogP contribution is -2.01. The molecule has 0 radical (unpaired) electrons. The topological polar surface area (TPSA) is 30.1 Å². The normalized spacial score (nSPS) is 10.9. The lowest BCUT2D eigenvalue weighted by Gasteiger charge is -2.09. The highest BCUT2D eigenvalue weighted by Crippen LogP contribution is 2.25. The van der Waals surface area contributed by atoms with Crippen molar-refractivity contribution in [3.05, 3.63) is 39.8 Å². The van der Waals surface area contributed by atoms with E-state index in [2.05, 4.69) is 6.92 Å². The molecule has 0 amide bonds. The van der Waals surface area contributed by atoms with E-state index in [-0.39, 0.29) is 5.88 Å². The van der Waals surface area contributed by atoms with Gasteiger partial charge >= 0.3 is 0 Å². The Morgan fingerprint density at radius 3 is 2.79 bits per heavy atom. The minimum Gasteiger partial charge on any atom is -0.493 e. The number of hydrogen-bond donors (Lipinski definition) is 1. The van der Waals surface area contributed by atoms with Crippen LogP contribution in [0.25, 0.3) is 5.69 Å². The molecule has 0 unspecified atom stereocenters. The summed E-state index contributed by atoms with van der Waals surface area (Å²) in [5, 5.41) is 10.7. The third-order valence-corrected chi connectivity index (χ3v) is 3.75. The van der Waals surface area contributed by atoms with E-state index in [1.807, 2.05) is 29.7 Å². The van der Waals surface area contributed by atoms with Gasteiger partial charge in [-0.3, -0.25) is 4.57 Å². The maximum Gasteiger partial charge on any atom is 0.214 e. The van der Waals surface area contributed by atoms with E-state index in [0.29, 0.717) is 9.79 Å². The predicted molar refractivity (Wildman–Crippen MR) is 80.9 cm³/mol. The molecular weight excluding hydrogens is 280 g/mol. The summed E-state index contributed by atoms with van der Waals surface area (Å²) in [6.07, 6.45) is 3.80. The molecule has 0 saturated carbocycles. The lowest BCUT2D eigenvalue weighted by molar-refractivity contribution is 0.441. The second kappa shape index (κ2) is 5.80. The highest BCUT2D eigenvalue weighted by atomic mass is 35.5. The zero-order valence-corrected chi connectivity index (χ0v) is 12.6. The number of unbranched alkanes of at least 4 members (excludes halogenated alkanes) is 1. The van der Waals surface area contributed by atoms with Crippen molar-refractivity contribution in [1.82, 2.24) is 9.13 Å². The van der Waals surface area contributed by atoms with Crippen molar-refractivity contribution in [1.29, 1.82) is 0 Å². The van der Waals surface area contributed by atoms with Crippen LogP contribution in [0, 0.1) is 11.7 Å². The van der Waals surface area contributed by atoms with Crippen LogP contribution in [-0.2, 0) is 6.54 Å². The molecule has 0 aliphatic rings. The standard InChI is InChI=1S/C14H17ClN2OS/c1-3-4-7-16-9-13(18)17(14(16)19)12-8-11(15)6-5-10(12)2/h5-6,8-9,18H,3-4,7H2,1-2H3. The van der Waals surface area contributed by atoms with Gasteiger partial charge in [0.05, 0.1) is 11.9 Å². The molecule has 0 aliphatic carbocycles. The first-order valence-electron chi connectivity index (χ1n) is 6.32. The largest absolute Gasteiger partial charge is 0.493 e. The summed E-state index contributed by atoms with van der Waals surface area (Å²) in [4.78, 5) is 0. The molecule has 0 bridgehead atoms. The van der Waals surface area contributed by atoms with Gasteiger partial charge in [0.1, 0.15) is 0 Å². The third-order valence-electron chi connectivity index (χ3n) is 3.10. The highest BCUT2D eigenvalue weighted by Gasteiger charge is 2.11. The van der Waals surface area contributed by atoms with Gasteiger partial charge in [-0.05, 0) is 43.3 Å². The van der Waals surface area contributed by atoms with Crippen LogP contribution in [0.3, 0.4) is 0 Å². The van der Waals surface area contributed by atoms with Crippen LogP contribution in [-0.4, -0.2) is 14.2 Å². The Hall–Kier alpha value is -1.26. The molecule has 5 heteroatoms. The van der Waals surface area contributed by atoms with Gasteiger partial charge in [-0.1, -0.05) is 31.0 Å². The van der Waals surface area contributed by atoms with Crippen molar-refractivity contribution in [3.8, 4) is 11.6 Å². The number of nitrogens with zero attached hydrogens (tertiary/aromatic N) is 2. The number of aromatic nitrogens is 2. The second-order valence-corrected chi connectivity index (χ2v) is 5.38. The molecule has 2 aromatic rings. The monoisotopic (exact) mass is 296 g/mol. The Kier molecular flexibility index (Phi) is 4.32. The Morgan fingerprint density at radius 1 is 1.37 bits per heavy atom. The summed E-state index contributed by atoms with van der Waals surface area (Å²) in [5.41, 5.74) is 1.84. The fourth-order valence-corrected chi connectivity index (χ4v) is 2.52. The molecule has 0 aliphatic heterocycles. The maximum atomic E-state index is 10.1. The van der Waals surface area contributed by atoms with Gasteiger partial charge in [0.2, 0.25) is 5.88 Å². The second-order valence-electron chi connectivity index (χ2n) is 4.58. The Labute approximate surface area is 123 Å². The van der Waals surface area contributed by atoms with Crippen LogP contribution in [0.5, 0.6) is 5.88 Å². The van der Waals surface area contributed by atoms with Crippen LogP contribution in [0.1, 0.15) is 25.3 Å². The fraction of sp³-hybridized carbons (Fsp3) is 0.357. The smallest absolute Gasteiger partial charge is 0.214 e. The minimum absolute atomic E-state index is 0.145. The lowest BCUT2D eigenvalue weighted by atomic mass is 10.2. The average Bonchev–Trinajstić information content (AvgIpc) is 2.65. The highest BCUT2D eigenvalue weighted by molar-refractivity contribution is 7.71. The van der Waals surface area contributed by atoms with E-state index in [4.69, 9.17) is 23.8 Å². The Morgan fingerprint density at radius 2 is 2.11 bits per heavy atom. The van der Waals surface area contributed by atoms with Gasteiger partial charge in [0.15, 0.2) is 4.77 Å². The molecule has 1 aromatic heterocycles. The van der Waals surface area contributed by atoms with E-state index >= 15 is 0 Å². The molecule has 19 heavy (non-hydrogen) atoms. The quantitative estimate of drug-likeness (QED) is 0.843. The van der Waals surface area contributed by atoms with Crippen molar-refractivity contribution >= 4 is 23.8 Å². The zero-order chi connectivity index (χ0) is 14.0. The van der Waals surface area contributed by atoms with E-state index in [1.165, 1.54) is 0 Å². The van der Waals surface area contributed by atoms with E-state index in [9.17, 15) is 5.11 Å². The summed E-state index contributed by atoms with van der Waals surface area (Å²) in [5.74, 6) is 0.145. The van der Waals surface area contributed by atoms with Crippen molar-refractivity contribution in [2.45, 2.75) is 33.2 Å². The first-order chi connectivity index (χ1) is 9.04. The molecule has 0 spiro atoms. The van der Waals surface area contributed by atoms with Gasteiger partial charge in [-0.2, -0.15) is 0 Å². The number of aromatic hydroxyl groups is 1. The van der Waals surface area contributed by atoms with E-state index in [1.54, 1.807) is 10.8 Å². The Bertz CT molecular complexity index is 645. The van der Waals surface area contributed by atoms with E-state index < -0.39 is 0 Å². The number of imidazole rings is 1. The third kappa shape index (κ3) is 2.85. The molecular formula is C14H17ClN2OS. The van der Waals surface area contributed by atoms with Gasteiger partial charge in [-0.15, -0.1) is 0 Å².